The molecule has 92 valence electrons. The molecule has 0 aliphatic heterocycles. The van der Waals surface area contributed by atoms with Crippen LogP contribution in [0.4, 0.5) is 5.69 Å². The minimum Gasteiger partial charge on any atom is -0.326 e. The van der Waals surface area contributed by atoms with Crippen molar-refractivity contribution < 1.29 is 4.79 Å². The minimum absolute atomic E-state index is 0.0427. The van der Waals surface area contributed by atoms with Crippen molar-refractivity contribution in [1.82, 2.24) is 0 Å². The van der Waals surface area contributed by atoms with Crippen LogP contribution >= 0.6 is 0 Å². The molecular formula is C16H17NO. The van der Waals surface area contributed by atoms with Crippen LogP contribution in [0.5, 0.6) is 0 Å². The van der Waals surface area contributed by atoms with E-state index in [2.05, 4.69) is 48.6 Å². The minimum atomic E-state index is -0.0427. The predicted molar refractivity (Wildman–Crippen MR) is 74.7 cm³/mol. The van der Waals surface area contributed by atoms with Crippen LogP contribution in [0.2, 0.25) is 0 Å². The van der Waals surface area contributed by atoms with Crippen LogP contribution in [-0.4, -0.2) is 5.91 Å². The summed E-state index contributed by atoms with van der Waals surface area (Å²) in [4.78, 5) is 10.9. The zero-order valence-electron chi connectivity index (χ0n) is 10.7. The van der Waals surface area contributed by atoms with Gasteiger partial charge in [0.05, 0.1) is 0 Å². The monoisotopic (exact) mass is 239 g/mol. The molecule has 18 heavy (non-hydrogen) atoms. The second-order valence-electron chi connectivity index (χ2n) is 4.44. The fraction of sp³-hybridized carbons (Fsp3) is 0.188. The molecule has 2 aromatic rings. The van der Waals surface area contributed by atoms with Gasteiger partial charge in [-0.15, -0.1) is 0 Å². The number of nitrogens with one attached hydrogen (secondary N) is 1. The molecular weight excluding hydrogens is 222 g/mol. The van der Waals surface area contributed by atoms with Crippen molar-refractivity contribution in [3.05, 3.63) is 65.7 Å². The topological polar surface area (TPSA) is 29.1 Å². The van der Waals surface area contributed by atoms with Crippen LogP contribution in [-0.2, 0) is 4.79 Å². The number of anilines is 1. The fourth-order valence-corrected chi connectivity index (χ4v) is 1.99. The predicted octanol–water partition coefficient (Wildman–Crippen LogP) is 3.80. The molecule has 0 radical (unpaired) electrons. The standard InChI is InChI=1S/C16H17NO/c1-12(14-6-4-3-5-7-14)15-8-10-16(11-9-15)17-13(2)18/h3-12H,1-2H3,(H,17,18). The number of benzene rings is 2. The Morgan fingerprint density at radius 3 is 2.06 bits per heavy atom. The van der Waals surface area contributed by atoms with E-state index in [9.17, 15) is 4.79 Å². The number of rotatable bonds is 3. The van der Waals surface area contributed by atoms with Gasteiger partial charge < -0.3 is 5.32 Å². The summed E-state index contributed by atoms with van der Waals surface area (Å²) in [6.07, 6.45) is 0. The first kappa shape index (κ1) is 12.4. The van der Waals surface area contributed by atoms with Crippen molar-refractivity contribution in [2.75, 3.05) is 5.32 Å². The van der Waals surface area contributed by atoms with Crippen LogP contribution < -0.4 is 5.32 Å². The highest BCUT2D eigenvalue weighted by molar-refractivity contribution is 5.88. The molecule has 0 heterocycles. The largest absolute Gasteiger partial charge is 0.326 e. The van der Waals surface area contributed by atoms with E-state index in [1.165, 1.54) is 18.1 Å². The molecule has 0 aromatic heterocycles. The summed E-state index contributed by atoms with van der Waals surface area (Å²) in [5.41, 5.74) is 3.38. The van der Waals surface area contributed by atoms with Crippen LogP contribution in [0.3, 0.4) is 0 Å². The number of carbonyl (C=O) groups is 1. The van der Waals surface area contributed by atoms with Gasteiger partial charge in [-0.3, -0.25) is 4.79 Å². The van der Waals surface area contributed by atoms with Crippen molar-refractivity contribution in [2.24, 2.45) is 0 Å². The lowest BCUT2D eigenvalue weighted by molar-refractivity contribution is -0.114. The molecule has 2 rings (SSSR count). The van der Waals surface area contributed by atoms with E-state index in [4.69, 9.17) is 0 Å². The van der Waals surface area contributed by atoms with Crippen LogP contribution in [0, 0.1) is 0 Å². The lowest BCUT2D eigenvalue weighted by Crippen LogP contribution is -2.05. The number of carbonyl (C=O) groups excluding carboxylic acids is 1. The van der Waals surface area contributed by atoms with Crippen molar-refractivity contribution in [1.29, 1.82) is 0 Å². The molecule has 0 fully saturated rings. The van der Waals surface area contributed by atoms with E-state index in [1.807, 2.05) is 18.2 Å². The smallest absolute Gasteiger partial charge is 0.221 e. The summed E-state index contributed by atoms with van der Waals surface area (Å²) in [6.45, 7) is 3.70. The Morgan fingerprint density at radius 1 is 0.944 bits per heavy atom. The molecule has 2 aromatic carbocycles. The molecule has 2 heteroatoms. The zero-order chi connectivity index (χ0) is 13.0. The van der Waals surface area contributed by atoms with Crippen molar-refractivity contribution in [3.8, 4) is 0 Å². The lowest BCUT2D eigenvalue weighted by atomic mass is 9.93. The van der Waals surface area contributed by atoms with Gasteiger partial charge in [0.25, 0.3) is 0 Å². The van der Waals surface area contributed by atoms with Crippen molar-refractivity contribution in [2.45, 2.75) is 19.8 Å². The quantitative estimate of drug-likeness (QED) is 0.867. The second kappa shape index (κ2) is 5.50. The van der Waals surface area contributed by atoms with E-state index >= 15 is 0 Å². The summed E-state index contributed by atoms with van der Waals surface area (Å²) >= 11 is 0. The number of amides is 1. The Hall–Kier alpha value is -2.09. The highest BCUT2D eigenvalue weighted by atomic mass is 16.1. The Labute approximate surface area is 108 Å². The number of hydrogen-bond acceptors (Lipinski definition) is 1. The normalized spacial score (nSPS) is 11.9. The van der Waals surface area contributed by atoms with Crippen molar-refractivity contribution >= 4 is 11.6 Å². The average molecular weight is 239 g/mol. The summed E-state index contributed by atoms with van der Waals surface area (Å²) in [5, 5.41) is 2.77. The molecule has 0 bridgehead atoms. The summed E-state index contributed by atoms with van der Waals surface area (Å²) in [7, 11) is 0. The van der Waals surface area contributed by atoms with Gasteiger partial charge in [0.2, 0.25) is 5.91 Å². The van der Waals surface area contributed by atoms with E-state index in [1.54, 1.807) is 0 Å². The Kier molecular flexibility index (Phi) is 3.78. The zero-order valence-corrected chi connectivity index (χ0v) is 10.7. The van der Waals surface area contributed by atoms with Gasteiger partial charge in [0.1, 0.15) is 0 Å². The molecule has 0 aliphatic carbocycles. The van der Waals surface area contributed by atoms with Gasteiger partial charge in [-0.1, -0.05) is 49.4 Å². The van der Waals surface area contributed by atoms with E-state index in [0.29, 0.717) is 5.92 Å². The van der Waals surface area contributed by atoms with Crippen LogP contribution in [0.25, 0.3) is 0 Å². The molecule has 1 unspecified atom stereocenters. The van der Waals surface area contributed by atoms with E-state index in [-0.39, 0.29) is 5.91 Å². The summed E-state index contributed by atoms with van der Waals surface area (Å²) in [5.74, 6) is 0.316. The van der Waals surface area contributed by atoms with Crippen LogP contribution in [0.1, 0.15) is 30.9 Å². The molecule has 1 amide bonds. The summed E-state index contributed by atoms with van der Waals surface area (Å²) in [6, 6.07) is 18.4. The van der Waals surface area contributed by atoms with Gasteiger partial charge in [-0.2, -0.15) is 0 Å². The molecule has 0 saturated heterocycles. The maximum Gasteiger partial charge on any atom is 0.221 e. The molecule has 0 spiro atoms. The van der Waals surface area contributed by atoms with E-state index < -0.39 is 0 Å². The Bertz CT molecular complexity index is 517. The summed E-state index contributed by atoms with van der Waals surface area (Å²) < 4.78 is 0. The Morgan fingerprint density at radius 2 is 1.50 bits per heavy atom. The van der Waals surface area contributed by atoms with Crippen LogP contribution in [0.15, 0.2) is 54.6 Å². The Balaban J connectivity index is 2.17. The number of hydrogen-bond donors (Lipinski definition) is 1. The highest BCUT2D eigenvalue weighted by Crippen LogP contribution is 2.24. The third-order valence-corrected chi connectivity index (χ3v) is 3.03. The average Bonchev–Trinajstić information content (AvgIpc) is 2.39. The molecule has 1 N–H and O–H groups in total. The third kappa shape index (κ3) is 2.98. The second-order valence-corrected chi connectivity index (χ2v) is 4.44. The lowest BCUT2D eigenvalue weighted by Gasteiger charge is -2.13. The maximum atomic E-state index is 10.9. The van der Waals surface area contributed by atoms with Gasteiger partial charge >= 0.3 is 0 Å². The molecule has 2 nitrogen and oxygen atoms in total. The first-order valence-electron chi connectivity index (χ1n) is 6.09. The highest BCUT2D eigenvalue weighted by Gasteiger charge is 2.07. The van der Waals surface area contributed by atoms with Gasteiger partial charge in [0.15, 0.2) is 0 Å². The van der Waals surface area contributed by atoms with Crippen molar-refractivity contribution in [3.63, 3.8) is 0 Å². The molecule has 1 atom stereocenters. The first-order chi connectivity index (χ1) is 8.66. The third-order valence-electron chi connectivity index (χ3n) is 3.03. The van der Waals surface area contributed by atoms with Gasteiger partial charge in [-0.05, 0) is 23.3 Å². The molecule has 0 saturated carbocycles. The van der Waals surface area contributed by atoms with Gasteiger partial charge in [-0.25, -0.2) is 0 Å². The van der Waals surface area contributed by atoms with Gasteiger partial charge in [0, 0.05) is 18.5 Å². The van der Waals surface area contributed by atoms with E-state index in [0.717, 1.165) is 5.69 Å². The fourth-order valence-electron chi connectivity index (χ4n) is 1.99. The SMILES string of the molecule is CC(=O)Nc1ccc(C(C)c2ccccc2)cc1. The first-order valence-corrected chi connectivity index (χ1v) is 6.09. The molecule has 0 aliphatic rings. The maximum absolute atomic E-state index is 10.9.